The van der Waals surface area contributed by atoms with Gasteiger partial charge in [0.2, 0.25) is 5.91 Å². The fourth-order valence-corrected chi connectivity index (χ4v) is 4.40. The van der Waals surface area contributed by atoms with Crippen LogP contribution in [0.3, 0.4) is 0 Å². The summed E-state index contributed by atoms with van der Waals surface area (Å²) < 4.78 is 26.4. The van der Waals surface area contributed by atoms with Crippen molar-refractivity contribution >= 4 is 34.2 Å². The van der Waals surface area contributed by atoms with Crippen molar-refractivity contribution in [3.05, 3.63) is 29.8 Å². The zero-order valence-corrected chi connectivity index (χ0v) is 16.2. The molecule has 26 heavy (non-hydrogen) atoms. The van der Waals surface area contributed by atoms with Crippen molar-refractivity contribution in [2.75, 3.05) is 26.2 Å². The highest BCUT2D eigenvalue weighted by molar-refractivity contribution is 7.90. The van der Waals surface area contributed by atoms with E-state index in [-0.39, 0.29) is 23.2 Å². The van der Waals surface area contributed by atoms with Crippen molar-refractivity contribution in [3.63, 3.8) is 0 Å². The van der Waals surface area contributed by atoms with Gasteiger partial charge in [0.1, 0.15) is 5.84 Å². The van der Waals surface area contributed by atoms with Crippen LogP contribution in [0.25, 0.3) is 0 Å². The fourth-order valence-electron chi connectivity index (χ4n) is 3.15. The molecule has 1 unspecified atom stereocenters. The van der Waals surface area contributed by atoms with Gasteiger partial charge in [-0.05, 0) is 50.4 Å². The molecule has 0 aliphatic carbocycles. The molecule has 7 nitrogen and oxygen atoms in total. The van der Waals surface area contributed by atoms with Crippen molar-refractivity contribution in [1.29, 1.82) is 0 Å². The quantitative estimate of drug-likeness (QED) is 0.595. The molecule has 1 aromatic carbocycles. The van der Waals surface area contributed by atoms with Gasteiger partial charge in [-0.1, -0.05) is 12.1 Å². The molecule has 0 bridgehead atoms. The Hall–Kier alpha value is -1.64. The Morgan fingerprint density at radius 1 is 1.31 bits per heavy atom. The fraction of sp³-hybridized carbons (Fsp3) is 0.529. The second-order valence-corrected chi connectivity index (χ2v) is 8.08. The number of sulfonamides is 1. The molecular formula is C17H25ClN4O3S. The first kappa shape index (κ1) is 20.7. The third-order valence-corrected chi connectivity index (χ3v) is 5.93. The van der Waals surface area contributed by atoms with Gasteiger partial charge in [0.25, 0.3) is 10.0 Å². The minimum absolute atomic E-state index is 0. The average molecular weight is 401 g/mol. The van der Waals surface area contributed by atoms with E-state index in [0.717, 1.165) is 19.5 Å². The second-order valence-electron chi connectivity index (χ2n) is 6.43. The molecular weight excluding hydrogens is 376 g/mol. The van der Waals surface area contributed by atoms with E-state index in [0.29, 0.717) is 43.2 Å². The third-order valence-electron chi connectivity index (χ3n) is 4.53. The Bertz CT molecular complexity index is 761. The first-order valence-corrected chi connectivity index (χ1v) is 10.2. The number of amidine groups is 1. The van der Waals surface area contributed by atoms with Gasteiger partial charge in [0, 0.05) is 25.1 Å². The SMILES string of the molecule is Cl.O=C(CCCN=C1NS(=O)(=O)c2ccccc21)NCCC1CCNC1. The van der Waals surface area contributed by atoms with Crippen LogP contribution >= 0.6 is 12.4 Å². The lowest BCUT2D eigenvalue weighted by Gasteiger charge is -2.09. The van der Waals surface area contributed by atoms with Crippen LogP contribution < -0.4 is 15.4 Å². The molecule has 1 aromatic rings. The molecule has 1 fully saturated rings. The molecule has 144 valence electrons. The van der Waals surface area contributed by atoms with Gasteiger partial charge in [-0.25, -0.2) is 8.42 Å². The molecule has 0 radical (unpaired) electrons. The molecule has 2 aliphatic rings. The molecule has 0 aromatic heterocycles. The number of carbonyl (C=O) groups excluding carboxylic acids is 1. The molecule has 1 atom stereocenters. The zero-order valence-electron chi connectivity index (χ0n) is 14.5. The number of fused-ring (bicyclic) bond motifs is 1. The predicted molar refractivity (Wildman–Crippen MR) is 103 cm³/mol. The van der Waals surface area contributed by atoms with Gasteiger partial charge in [-0.2, -0.15) is 0 Å². The number of aliphatic imine (C=N–C) groups is 1. The molecule has 2 heterocycles. The summed E-state index contributed by atoms with van der Waals surface area (Å²) in [4.78, 5) is 16.4. The molecule has 9 heteroatoms. The summed E-state index contributed by atoms with van der Waals surface area (Å²) in [5.74, 6) is 1.06. The molecule has 1 amide bonds. The van der Waals surface area contributed by atoms with Crippen LogP contribution in [0.5, 0.6) is 0 Å². The highest BCUT2D eigenvalue weighted by Gasteiger charge is 2.29. The van der Waals surface area contributed by atoms with E-state index in [1.807, 2.05) is 0 Å². The summed E-state index contributed by atoms with van der Waals surface area (Å²) in [6.45, 7) is 3.25. The van der Waals surface area contributed by atoms with Crippen LogP contribution in [0.4, 0.5) is 0 Å². The van der Waals surface area contributed by atoms with Gasteiger partial charge in [0.05, 0.1) is 4.90 Å². The van der Waals surface area contributed by atoms with Crippen LogP contribution in [0, 0.1) is 5.92 Å². The molecule has 3 N–H and O–H groups in total. The summed E-state index contributed by atoms with van der Waals surface area (Å²) in [6.07, 6.45) is 3.18. The van der Waals surface area contributed by atoms with Gasteiger partial charge < -0.3 is 10.6 Å². The van der Waals surface area contributed by atoms with Crippen LogP contribution in [-0.2, 0) is 14.8 Å². The molecule has 0 spiro atoms. The summed E-state index contributed by atoms with van der Waals surface area (Å²) >= 11 is 0. The number of hydrogen-bond acceptors (Lipinski definition) is 5. The molecule has 0 saturated carbocycles. The van der Waals surface area contributed by atoms with E-state index in [1.54, 1.807) is 24.3 Å². The number of nitrogens with one attached hydrogen (secondary N) is 3. The van der Waals surface area contributed by atoms with Crippen LogP contribution in [0.2, 0.25) is 0 Å². The number of carbonyl (C=O) groups is 1. The van der Waals surface area contributed by atoms with Gasteiger partial charge in [-0.3, -0.25) is 14.5 Å². The topological polar surface area (TPSA) is 99.7 Å². The first-order valence-electron chi connectivity index (χ1n) is 8.70. The largest absolute Gasteiger partial charge is 0.356 e. The lowest BCUT2D eigenvalue weighted by atomic mass is 10.1. The van der Waals surface area contributed by atoms with Crippen LogP contribution in [0.15, 0.2) is 34.2 Å². The lowest BCUT2D eigenvalue weighted by molar-refractivity contribution is -0.121. The highest BCUT2D eigenvalue weighted by Crippen LogP contribution is 2.22. The number of benzene rings is 1. The van der Waals surface area contributed by atoms with Crippen LogP contribution in [0.1, 0.15) is 31.2 Å². The van der Waals surface area contributed by atoms with Crippen molar-refractivity contribution in [3.8, 4) is 0 Å². The average Bonchev–Trinajstić information content (AvgIpc) is 3.19. The normalized spacial score (nSPS) is 21.7. The van der Waals surface area contributed by atoms with Crippen LogP contribution in [-0.4, -0.2) is 46.3 Å². The van der Waals surface area contributed by atoms with E-state index in [1.165, 1.54) is 6.42 Å². The second kappa shape index (κ2) is 9.34. The first-order chi connectivity index (χ1) is 12.1. The minimum Gasteiger partial charge on any atom is -0.356 e. The monoisotopic (exact) mass is 400 g/mol. The number of rotatable bonds is 7. The smallest absolute Gasteiger partial charge is 0.263 e. The number of nitrogens with zero attached hydrogens (tertiary/aromatic N) is 1. The van der Waals surface area contributed by atoms with Crippen molar-refractivity contribution < 1.29 is 13.2 Å². The number of hydrogen-bond donors (Lipinski definition) is 3. The maximum absolute atomic E-state index is 12.0. The Kier molecular flexibility index (Phi) is 7.43. The van der Waals surface area contributed by atoms with Gasteiger partial charge in [-0.15, -0.1) is 12.4 Å². The Morgan fingerprint density at radius 2 is 2.12 bits per heavy atom. The van der Waals surface area contributed by atoms with Gasteiger partial charge >= 0.3 is 0 Å². The third kappa shape index (κ3) is 5.18. The van der Waals surface area contributed by atoms with E-state index in [4.69, 9.17) is 0 Å². The number of halogens is 1. The van der Waals surface area contributed by atoms with E-state index >= 15 is 0 Å². The zero-order chi connectivity index (χ0) is 17.7. The highest BCUT2D eigenvalue weighted by atomic mass is 35.5. The number of amides is 1. The van der Waals surface area contributed by atoms with E-state index < -0.39 is 10.0 Å². The summed E-state index contributed by atoms with van der Waals surface area (Å²) in [5.41, 5.74) is 0.595. The standard InChI is InChI=1S/C17H24N4O3S.ClH/c22-16(19-11-8-13-7-10-18-12-13)6-3-9-20-17-14-4-1-2-5-15(14)25(23,24)21-17;/h1-2,4-5,13,18H,3,6-12H2,(H,19,22)(H,20,21);1H. The maximum atomic E-state index is 12.0. The predicted octanol–water partition coefficient (Wildman–Crippen LogP) is 1.04. The van der Waals surface area contributed by atoms with E-state index in [2.05, 4.69) is 20.3 Å². The lowest BCUT2D eigenvalue weighted by Crippen LogP contribution is -2.26. The summed E-state index contributed by atoms with van der Waals surface area (Å²) in [6, 6.07) is 6.76. The Morgan fingerprint density at radius 3 is 2.88 bits per heavy atom. The minimum atomic E-state index is -3.49. The van der Waals surface area contributed by atoms with Gasteiger partial charge in [0.15, 0.2) is 0 Å². The Balaban J connectivity index is 0.00000243. The van der Waals surface area contributed by atoms with E-state index in [9.17, 15) is 13.2 Å². The maximum Gasteiger partial charge on any atom is 0.263 e. The Labute approximate surface area is 160 Å². The molecule has 2 aliphatic heterocycles. The van der Waals surface area contributed by atoms with Crippen molar-refractivity contribution in [2.24, 2.45) is 10.9 Å². The van der Waals surface area contributed by atoms with Crippen molar-refractivity contribution in [2.45, 2.75) is 30.6 Å². The summed E-state index contributed by atoms with van der Waals surface area (Å²) in [5, 5.41) is 6.26. The van der Waals surface area contributed by atoms with Crippen molar-refractivity contribution in [1.82, 2.24) is 15.4 Å². The molecule has 1 saturated heterocycles. The molecule has 3 rings (SSSR count). The summed E-state index contributed by atoms with van der Waals surface area (Å²) in [7, 11) is -3.49.